The highest BCUT2D eigenvalue weighted by atomic mass is 16.3. The molecular weight excluding hydrogens is 414 g/mol. The lowest BCUT2D eigenvalue weighted by molar-refractivity contribution is 0.669. The largest absolute Gasteiger partial charge is 0.456 e. The van der Waals surface area contributed by atoms with E-state index in [-0.39, 0.29) is 0 Å². The molecule has 0 spiro atoms. The van der Waals surface area contributed by atoms with E-state index in [1.54, 1.807) is 0 Å². The fourth-order valence-corrected chi connectivity index (χ4v) is 5.26. The Balaban J connectivity index is 1.48. The molecular formula is C32H23NO. The van der Waals surface area contributed by atoms with Gasteiger partial charge in [-0.3, -0.25) is 0 Å². The predicted octanol–water partition coefficient (Wildman–Crippen LogP) is 8.91. The topological polar surface area (TPSA) is 18.1 Å². The Kier molecular flexibility index (Phi) is 4.16. The Morgan fingerprint density at radius 2 is 1.21 bits per heavy atom. The summed E-state index contributed by atoms with van der Waals surface area (Å²) in [5.41, 5.74) is 9.22. The van der Waals surface area contributed by atoms with Gasteiger partial charge in [-0.2, -0.15) is 0 Å². The second-order valence-electron chi connectivity index (χ2n) is 8.92. The minimum atomic E-state index is 0.916. The molecule has 0 aliphatic rings. The van der Waals surface area contributed by atoms with Gasteiger partial charge in [0.05, 0.1) is 11.0 Å². The molecule has 2 heteroatoms. The lowest BCUT2D eigenvalue weighted by atomic mass is 10.00. The Morgan fingerprint density at radius 3 is 1.94 bits per heavy atom. The Morgan fingerprint density at radius 1 is 0.559 bits per heavy atom. The second-order valence-corrected chi connectivity index (χ2v) is 8.92. The van der Waals surface area contributed by atoms with Crippen LogP contribution in [0.1, 0.15) is 12.5 Å². The first kappa shape index (κ1) is 19.2. The van der Waals surface area contributed by atoms with Crippen molar-refractivity contribution in [2.75, 3.05) is 0 Å². The van der Waals surface area contributed by atoms with Gasteiger partial charge in [0.15, 0.2) is 0 Å². The lowest BCUT2D eigenvalue weighted by Crippen LogP contribution is -1.93. The van der Waals surface area contributed by atoms with Crippen molar-refractivity contribution in [3.8, 4) is 16.8 Å². The van der Waals surface area contributed by atoms with Gasteiger partial charge >= 0.3 is 0 Å². The molecule has 34 heavy (non-hydrogen) atoms. The van der Waals surface area contributed by atoms with Crippen LogP contribution in [-0.4, -0.2) is 4.57 Å². The molecule has 0 aliphatic heterocycles. The van der Waals surface area contributed by atoms with Crippen LogP contribution in [-0.2, 0) is 6.42 Å². The highest BCUT2D eigenvalue weighted by Crippen LogP contribution is 2.36. The molecule has 0 atom stereocenters. The van der Waals surface area contributed by atoms with Gasteiger partial charge in [-0.1, -0.05) is 73.7 Å². The molecule has 2 aromatic heterocycles. The van der Waals surface area contributed by atoms with Crippen molar-refractivity contribution < 1.29 is 4.42 Å². The van der Waals surface area contributed by atoms with E-state index < -0.39 is 0 Å². The molecule has 5 aromatic carbocycles. The van der Waals surface area contributed by atoms with E-state index in [9.17, 15) is 0 Å². The first-order valence-electron chi connectivity index (χ1n) is 11.8. The second kappa shape index (κ2) is 7.36. The van der Waals surface area contributed by atoms with Crippen molar-refractivity contribution in [3.63, 3.8) is 0 Å². The molecule has 0 saturated carbocycles. The standard InChI is InChI=1S/C32H23NO/c1-2-21-8-7-9-22(18-21)23-14-16-31-27(19-23)28-20-24(15-17-32(28)34-31)33-29-12-5-3-10-25(29)26-11-4-6-13-30(26)33/h3-20H,2H2,1H3. The number of hydrogen-bond acceptors (Lipinski definition) is 1. The maximum Gasteiger partial charge on any atom is 0.135 e. The molecule has 2 nitrogen and oxygen atoms in total. The predicted molar refractivity (Wildman–Crippen MR) is 143 cm³/mol. The van der Waals surface area contributed by atoms with Crippen molar-refractivity contribution in [1.82, 2.24) is 4.57 Å². The van der Waals surface area contributed by atoms with Crippen LogP contribution in [0.2, 0.25) is 0 Å². The molecule has 0 saturated heterocycles. The lowest BCUT2D eigenvalue weighted by Gasteiger charge is -2.08. The van der Waals surface area contributed by atoms with Crippen LogP contribution in [0.5, 0.6) is 0 Å². The normalized spacial score (nSPS) is 11.8. The number of fused-ring (bicyclic) bond motifs is 6. The van der Waals surface area contributed by atoms with Gasteiger partial charge in [0.2, 0.25) is 0 Å². The number of aromatic nitrogens is 1. The van der Waals surface area contributed by atoms with E-state index >= 15 is 0 Å². The van der Waals surface area contributed by atoms with E-state index in [0.29, 0.717) is 0 Å². The summed E-state index contributed by atoms with van der Waals surface area (Å²) in [6.45, 7) is 2.20. The van der Waals surface area contributed by atoms with Crippen molar-refractivity contribution in [2.24, 2.45) is 0 Å². The number of para-hydroxylation sites is 2. The molecule has 7 rings (SSSR count). The molecule has 2 heterocycles. The van der Waals surface area contributed by atoms with Crippen molar-refractivity contribution in [1.29, 1.82) is 0 Å². The maximum atomic E-state index is 6.23. The third-order valence-corrected chi connectivity index (χ3v) is 6.96. The summed E-state index contributed by atoms with van der Waals surface area (Å²) < 4.78 is 8.58. The molecule has 0 unspecified atom stereocenters. The quantitative estimate of drug-likeness (QED) is 0.270. The van der Waals surface area contributed by atoms with E-state index in [0.717, 1.165) is 34.0 Å². The monoisotopic (exact) mass is 437 g/mol. The van der Waals surface area contributed by atoms with Gasteiger partial charge in [-0.15, -0.1) is 0 Å². The maximum absolute atomic E-state index is 6.23. The number of benzene rings is 5. The first-order chi connectivity index (χ1) is 16.8. The van der Waals surface area contributed by atoms with E-state index in [4.69, 9.17) is 4.42 Å². The van der Waals surface area contributed by atoms with Crippen molar-refractivity contribution in [3.05, 3.63) is 115 Å². The highest BCUT2D eigenvalue weighted by molar-refractivity contribution is 6.10. The molecule has 0 amide bonds. The van der Waals surface area contributed by atoms with E-state index in [1.807, 2.05) is 0 Å². The van der Waals surface area contributed by atoms with Crippen LogP contribution in [0.25, 0.3) is 60.6 Å². The van der Waals surface area contributed by atoms with Crippen LogP contribution in [0.15, 0.2) is 114 Å². The number of nitrogens with zero attached hydrogens (tertiary/aromatic N) is 1. The summed E-state index contributed by atoms with van der Waals surface area (Å²) >= 11 is 0. The summed E-state index contributed by atoms with van der Waals surface area (Å²) in [5, 5.41) is 4.83. The van der Waals surface area contributed by atoms with Crippen LogP contribution >= 0.6 is 0 Å². The van der Waals surface area contributed by atoms with Crippen molar-refractivity contribution >= 4 is 43.7 Å². The van der Waals surface area contributed by atoms with Gasteiger partial charge in [0, 0.05) is 27.2 Å². The summed E-state index contributed by atoms with van der Waals surface area (Å²) in [4.78, 5) is 0. The molecule has 7 aromatic rings. The van der Waals surface area contributed by atoms with Gasteiger partial charge < -0.3 is 8.98 Å². The summed E-state index contributed by atoms with van der Waals surface area (Å²) in [5.74, 6) is 0. The van der Waals surface area contributed by atoms with Crippen molar-refractivity contribution in [2.45, 2.75) is 13.3 Å². The molecule has 0 N–H and O–H groups in total. The Labute approximate surface area is 197 Å². The van der Waals surface area contributed by atoms with E-state index in [2.05, 4.69) is 121 Å². The highest BCUT2D eigenvalue weighted by Gasteiger charge is 2.14. The fraction of sp³-hybridized carbons (Fsp3) is 0.0625. The number of hydrogen-bond donors (Lipinski definition) is 0. The summed E-state index contributed by atoms with van der Waals surface area (Å²) in [6.07, 6.45) is 1.03. The SMILES string of the molecule is CCc1cccc(-c2ccc3oc4ccc(-n5c6ccccc6c6ccccc65)cc4c3c2)c1. The van der Waals surface area contributed by atoms with Gasteiger partial charge in [-0.25, -0.2) is 0 Å². The zero-order valence-corrected chi connectivity index (χ0v) is 19.0. The summed E-state index contributed by atoms with van der Waals surface area (Å²) in [6, 6.07) is 39.1. The van der Waals surface area contributed by atoms with Crippen LogP contribution in [0.4, 0.5) is 0 Å². The molecule has 0 bridgehead atoms. The zero-order chi connectivity index (χ0) is 22.6. The summed E-state index contributed by atoms with van der Waals surface area (Å²) in [7, 11) is 0. The number of furan rings is 1. The molecule has 162 valence electrons. The average Bonchev–Trinajstić information content (AvgIpc) is 3.43. The zero-order valence-electron chi connectivity index (χ0n) is 19.0. The van der Waals surface area contributed by atoms with Crippen LogP contribution in [0.3, 0.4) is 0 Å². The number of rotatable bonds is 3. The van der Waals surface area contributed by atoms with Gasteiger partial charge in [-0.05, 0) is 65.6 Å². The number of aryl methyl sites for hydroxylation is 1. The van der Waals surface area contributed by atoms with E-state index in [1.165, 1.54) is 38.5 Å². The van der Waals surface area contributed by atoms with Gasteiger partial charge in [0.25, 0.3) is 0 Å². The Bertz CT molecular complexity index is 1800. The van der Waals surface area contributed by atoms with Crippen LogP contribution < -0.4 is 0 Å². The third-order valence-electron chi connectivity index (χ3n) is 6.96. The average molecular weight is 438 g/mol. The molecule has 0 radical (unpaired) electrons. The smallest absolute Gasteiger partial charge is 0.135 e. The molecule has 0 aliphatic carbocycles. The minimum absolute atomic E-state index is 0.916. The first-order valence-corrected chi connectivity index (χ1v) is 11.8. The van der Waals surface area contributed by atoms with Gasteiger partial charge in [0.1, 0.15) is 11.2 Å². The molecule has 0 fully saturated rings. The minimum Gasteiger partial charge on any atom is -0.456 e. The fourth-order valence-electron chi connectivity index (χ4n) is 5.26. The van der Waals surface area contributed by atoms with Crippen LogP contribution in [0, 0.1) is 0 Å². The third kappa shape index (κ3) is 2.82. The Hall–Kier alpha value is -4.30.